The van der Waals surface area contributed by atoms with Crippen molar-refractivity contribution in [2.75, 3.05) is 32.8 Å². The van der Waals surface area contributed by atoms with Gasteiger partial charge in [0.15, 0.2) is 0 Å². The molecule has 0 saturated carbocycles. The van der Waals surface area contributed by atoms with Crippen LogP contribution in [0.3, 0.4) is 0 Å². The van der Waals surface area contributed by atoms with Gasteiger partial charge in [-0.3, -0.25) is 9.59 Å². The summed E-state index contributed by atoms with van der Waals surface area (Å²) in [7, 11) is -4.11. The van der Waals surface area contributed by atoms with E-state index in [1.54, 1.807) is 12.1 Å². The van der Waals surface area contributed by atoms with Crippen molar-refractivity contribution in [3.63, 3.8) is 0 Å². The lowest BCUT2D eigenvalue weighted by Gasteiger charge is -2.26. The van der Waals surface area contributed by atoms with Crippen LogP contribution in [0.15, 0.2) is 53.4 Å². The minimum Gasteiger partial charge on any atom is -0.460 e. The van der Waals surface area contributed by atoms with Gasteiger partial charge in [0.25, 0.3) is 5.91 Å². The molecule has 1 amide bonds. The highest BCUT2D eigenvalue weighted by Crippen LogP contribution is 2.21. The number of amides is 1. The van der Waals surface area contributed by atoms with Crippen molar-refractivity contribution in [1.29, 1.82) is 0 Å². The summed E-state index contributed by atoms with van der Waals surface area (Å²) in [5.74, 6) is -2.33. The number of hydrogen-bond donors (Lipinski definition) is 1. The average Bonchev–Trinajstić information content (AvgIpc) is 2.77. The Morgan fingerprint density at radius 3 is 2.50 bits per heavy atom. The Balaban J connectivity index is 1.62. The molecule has 0 aromatic heterocycles. The minimum atomic E-state index is -4.11. The van der Waals surface area contributed by atoms with Crippen LogP contribution in [-0.4, -0.2) is 57.4 Å². The zero-order valence-electron chi connectivity index (χ0n) is 16.0. The van der Waals surface area contributed by atoms with Crippen LogP contribution in [0.25, 0.3) is 0 Å². The van der Waals surface area contributed by atoms with Crippen LogP contribution in [0.4, 0.5) is 4.39 Å². The molecule has 160 valence electrons. The Bertz CT molecular complexity index is 1010. The number of nitrogens with zero attached hydrogens (tertiary/aromatic N) is 1. The van der Waals surface area contributed by atoms with Gasteiger partial charge < -0.3 is 14.8 Å². The predicted octanol–water partition coefficient (Wildman–Crippen LogP) is 1.32. The van der Waals surface area contributed by atoms with E-state index in [2.05, 4.69) is 5.32 Å². The number of esters is 1. The second-order valence-electron chi connectivity index (χ2n) is 6.49. The third-order valence-electron chi connectivity index (χ3n) is 4.42. The first kappa shape index (κ1) is 21.9. The normalized spacial score (nSPS) is 14.8. The third-order valence-corrected chi connectivity index (χ3v) is 6.33. The first-order chi connectivity index (χ1) is 14.4. The first-order valence-corrected chi connectivity index (χ1v) is 10.7. The van der Waals surface area contributed by atoms with Gasteiger partial charge in [0.05, 0.1) is 13.2 Å². The smallest absolute Gasteiger partial charge is 0.325 e. The minimum absolute atomic E-state index is 0.0635. The summed E-state index contributed by atoms with van der Waals surface area (Å²) in [4.78, 5) is 23.6. The number of morpholine rings is 1. The van der Waals surface area contributed by atoms with E-state index in [4.69, 9.17) is 9.47 Å². The predicted molar refractivity (Wildman–Crippen MR) is 105 cm³/mol. The summed E-state index contributed by atoms with van der Waals surface area (Å²) in [6, 6.07) is 12.1. The number of sulfonamides is 1. The molecule has 10 heteroatoms. The van der Waals surface area contributed by atoms with Crippen molar-refractivity contribution in [3.8, 4) is 0 Å². The highest BCUT2D eigenvalue weighted by Gasteiger charge is 2.29. The molecular weight excluding hydrogens is 415 g/mol. The van der Waals surface area contributed by atoms with E-state index >= 15 is 0 Å². The molecule has 30 heavy (non-hydrogen) atoms. The summed E-state index contributed by atoms with van der Waals surface area (Å²) in [5, 5.41) is 2.35. The first-order valence-electron chi connectivity index (χ1n) is 9.23. The molecule has 0 radical (unpaired) electrons. The lowest BCUT2D eigenvalue weighted by Crippen LogP contribution is -2.41. The number of carbonyl (C=O) groups excluding carboxylic acids is 2. The summed E-state index contributed by atoms with van der Waals surface area (Å²) in [6.45, 7) is 0.289. The molecule has 2 aromatic rings. The van der Waals surface area contributed by atoms with Gasteiger partial charge in [-0.2, -0.15) is 4.31 Å². The molecule has 2 aromatic carbocycles. The molecule has 1 aliphatic heterocycles. The highest BCUT2D eigenvalue weighted by molar-refractivity contribution is 7.89. The fourth-order valence-electron chi connectivity index (χ4n) is 2.81. The Morgan fingerprint density at radius 1 is 1.10 bits per heavy atom. The van der Waals surface area contributed by atoms with Gasteiger partial charge in [-0.05, 0) is 23.8 Å². The van der Waals surface area contributed by atoms with Gasteiger partial charge in [-0.25, -0.2) is 12.8 Å². The van der Waals surface area contributed by atoms with Gasteiger partial charge in [-0.1, -0.05) is 30.3 Å². The topological polar surface area (TPSA) is 102 Å². The Hall–Kier alpha value is -2.82. The second kappa shape index (κ2) is 9.79. The Labute approximate surface area is 173 Å². The van der Waals surface area contributed by atoms with E-state index in [9.17, 15) is 22.4 Å². The number of ether oxygens (including phenoxy) is 2. The maximum atomic E-state index is 14.2. The van der Waals surface area contributed by atoms with Crippen molar-refractivity contribution < 1.29 is 31.9 Å². The highest BCUT2D eigenvalue weighted by atomic mass is 32.2. The molecule has 1 heterocycles. The number of carbonyl (C=O) groups is 2. The fraction of sp³-hybridized carbons (Fsp3) is 0.300. The number of rotatable bonds is 7. The van der Waals surface area contributed by atoms with Crippen molar-refractivity contribution in [1.82, 2.24) is 9.62 Å². The Kier molecular flexibility index (Phi) is 7.14. The number of hydrogen-bond acceptors (Lipinski definition) is 6. The van der Waals surface area contributed by atoms with Gasteiger partial charge in [-0.15, -0.1) is 0 Å². The van der Waals surface area contributed by atoms with Crippen LogP contribution in [0.2, 0.25) is 0 Å². The van der Waals surface area contributed by atoms with Gasteiger partial charge in [0.2, 0.25) is 10.0 Å². The van der Waals surface area contributed by atoms with E-state index in [0.717, 1.165) is 28.1 Å². The number of halogens is 1. The molecule has 0 aliphatic carbocycles. The average molecular weight is 436 g/mol. The molecule has 0 atom stereocenters. The molecule has 1 fully saturated rings. The van der Waals surface area contributed by atoms with Crippen LogP contribution in [0, 0.1) is 5.82 Å². The molecule has 0 unspecified atom stereocenters. The SMILES string of the molecule is O=C(CNC(=O)c1ccc(F)c(S(=O)(=O)N2CCOCC2)c1)OCc1ccccc1. The summed E-state index contributed by atoms with van der Waals surface area (Å²) in [6.07, 6.45) is 0. The standard InChI is InChI=1S/C20H21FN2O6S/c21-17-7-6-16(12-18(17)30(26,27)23-8-10-28-11-9-23)20(25)22-13-19(24)29-14-15-4-2-1-3-5-15/h1-7,12H,8-11,13-14H2,(H,22,25). The third kappa shape index (κ3) is 5.41. The number of nitrogens with one attached hydrogen (secondary N) is 1. The van der Waals surface area contributed by atoms with Crippen molar-refractivity contribution in [3.05, 3.63) is 65.5 Å². The lowest BCUT2D eigenvalue weighted by molar-refractivity contribution is -0.143. The zero-order chi connectivity index (χ0) is 21.6. The van der Waals surface area contributed by atoms with E-state index in [1.165, 1.54) is 0 Å². The van der Waals surface area contributed by atoms with Crippen molar-refractivity contribution in [2.45, 2.75) is 11.5 Å². The molecule has 1 N–H and O–H groups in total. The van der Waals surface area contributed by atoms with Crippen molar-refractivity contribution >= 4 is 21.9 Å². The molecule has 1 saturated heterocycles. The summed E-state index contributed by atoms with van der Waals surface area (Å²) < 4.78 is 50.9. The number of benzene rings is 2. The molecule has 1 aliphatic rings. The van der Waals surface area contributed by atoms with E-state index in [1.807, 2.05) is 18.2 Å². The van der Waals surface area contributed by atoms with Crippen LogP contribution < -0.4 is 5.32 Å². The molecule has 8 nitrogen and oxygen atoms in total. The molecule has 0 spiro atoms. The largest absolute Gasteiger partial charge is 0.460 e. The monoisotopic (exact) mass is 436 g/mol. The quantitative estimate of drug-likeness (QED) is 0.657. The van der Waals surface area contributed by atoms with Crippen LogP contribution in [-0.2, 0) is 30.9 Å². The fourth-order valence-corrected chi connectivity index (χ4v) is 4.31. The molecular formula is C20H21FN2O6S. The van der Waals surface area contributed by atoms with Crippen LogP contribution in [0.1, 0.15) is 15.9 Å². The van der Waals surface area contributed by atoms with E-state index < -0.39 is 39.2 Å². The van der Waals surface area contributed by atoms with Gasteiger partial charge in [0, 0.05) is 18.7 Å². The second-order valence-corrected chi connectivity index (χ2v) is 8.40. The summed E-state index contributed by atoms with van der Waals surface area (Å²) in [5.41, 5.74) is 0.716. The van der Waals surface area contributed by atoms with E-state index in [-0.39, 0.29) is 38.5 Å². The van der Waals surface area contributed by atoms with Crippen LogP contribution in [0.5, 0.6) is 0 Å². The van der Waals surface area contributed by atoms with Gasteiger partial charge >= 0.3 is 5.97 Å². The summed E-state index contributed by atoms with van der Waals surface area (Å²) >= 11 is 0. The van der Waals surface area contributed by atoms with Crippen molar-refractivity contribution in [2.24, 2.45) is 0 Å². The van der Waals surface area contributed by atoms with E-state index in [0.29, 0.717) is 0 Å². The zero-order valence-corrected chi connectivity index (χ0v) is 16.9. The van der Waals surface area contributed by atoms with Crippen LogP contribution >= 0.6 is 0 Å². The van der Waals surface area contributed by atoms with Gasteiger partial charge in [0.1, 0.15) is 23.9 Å². The lowest BCUT2D eigenvalue weighted by atomic mass is 10.2. The molecule has 0 bridgehead atoms. The maximum absolute atomic E-state index is 14.2. The Morgan fingerprint density at radius 2 is 1.80 bits per heavy atom. The molecule has 3 rings (SSSR count). The maximum Gasteiger partial charge on any atom is 0.325 e.